The molecule has 0 saturated carbocycles. The number of carbonyl (C=O) groups is 2. The molecule has 1 fully saturated rings. The van der Waals surface area contributed by atoms with Gasteiger partial charge in [-0.1, -0.05) is 41.9 Å². The Balaban J connectivity index is 1.44. The van der Waals surface area contributed by atoms with E-state index in [0.29, 0.717) is 37.6 Å². The number of nitrogens with one attached hydrogen (secondary N) is 2. The summed E-state index contributed by atoms with van der Waals surface area (Å²) >= 11 is 6.08. The van der Waals surface area contributed by atoms with E-state index >= 15 is 0 Å². The summed E-state index contributed by atoms with van der Waals surface area (Å²) in [5.41, 5.74) is 9.78. The van der Waals surface area contributed by atoms with E-state index < -0.39 is 6.04 Å². The third-order valence-corrected chi connectivity index (χ3v) is 6.02. The molecule has 0 bridgehead atoms. The van der Waals surface area contributed by atoms with Crippen molar-refractivity contribution in [3.8, 4) is 0 Å². The molecule has 0 aliphatic carbocycles. The van der Waals surface area contributed by atoms with Crippen LogP contribution in [0.4, 0.5) is 0 Å². The molecule has 29 heavy (non-hydrogen) atoms. The first-order chi connectivity index (χ1) is 14.1. The van der Waals surface area contributed by atoms with Crippen LogP contribution in [0.5, 0.6) is 0 Å². The highest BCUT2D eigenvalue weighted by molar-refractivity contribution is 6.30. The lowest BCUT2D eigenvalue weighted by Crippen LogP contribution is -2.48. The van der Waals surface area contributed by atoms with Gasteiger partial charge in [0.15, 0.2) is 0 Å². The van der Waals surface area contributed by atoms with Crippen LogP contribution >= 0.6 is 11.6 Å². The van der Waals surface area contributed by atoms with Crippen molar-refractivity contribution in [2.75, 3.05) is 6.54 Å². The molecule has 4 N–H and O–H groups in total. The van der Waals surface area contributed by atoms with Gasteiger partial charge in [0.1, 0.15) is 12.1 Å². The summed E-state index contributed by atoms with van der Waals surface area (Å²) in [5.74, 6) is -0.164. The minimum absolute atomic E-state index is 0.0296. The van der Waals surface area contributed by atoms with E-state index in [-0.39, 0.29) is 17.9 Å². The van der Waals surface area contributed by atoms with E-state index in [1.54, 1.807) is 11.0 Å². The van der Waals surface area contributed by atoms with Gasteiger partial charge in [0.05, 0.1) is 0 Å². The van der Waals surface area contributed by atoms with Gasteiger partial charge in [-0.05, 0) is 47.2 Å². The number of benzene rings is 2. The van der Waals surface area contributed by atoms with E-state index in [9.17, 15) is 9.59 Å². The summed E-state index contributed by atoms with van der Waals surface area (Å²) in [6.07, 6.45) is 1.49. The molecule has 2 aliphatic heterocycles. The van der Waals surface area contributed by atoms with Crippen LogP contribution in [0.15, 0.2) is 42.5 Å². The third-order valence-electron chi connectivity index (χ3n) is 5.79. The van der Waals surface area contributed by atoms with Gasteiger partial charge in [0.25, 0.3) is 0 Å². The van der Waals surface area contributed by atoms with Crippen molar-refractivity contribution in [3.63, 3.8) is 0 Å². The van der Waals surface area contributed by atoms with Crippen LogP contribution in [0.2, 0.25) is 5.02 Å². The van der Waals surface area contributed by atoms with E-state index in [1.807, 2.05) is 36.4 Å². The second-order valence-corrected chi connectivity index (χ2v) is 7.97. The molecule has 2 aromatic rings. The highest BCUT2D eigenvalue weighted by atomic mass is 35.5. The molecule has 2 atom stereocenters. The van der Waals surface area contributed by atoms with Crippen LogP contribution in [-0.2, 0) is 29.2 Å². The van der Waals surface area contributed by atoms with Crippen LogP contribution < -0.4 is 16.4 Å². The smallest absolute Gasteiger partial charge is 0.245 e. The molecule has 2 heterocycles. The summed E-state index contributed by atoms with van der Waals surface area (Å²) in [5, 5.41) is 6.86. The number of hydrogen-bond acceptors (Lipinski definition) is 4. The van der Waals surface area contributed by atoms with Crippen molar-refractivity contribution in [1.29, 1.82) is 0 Å². The van der Waals surface area contributed by atoms with E-state index in [1.165, 1.54) is 0 Å². The van der Waals surface area contributed by atoms with Crippen LogP contribution in [-0.4, -0.2) is 29.3 Å². The lowest BCUT2D eigenvalue weighted by Gasteiger charge is -2.27. The van der Waals surface area contributed by atoms with Crippen LogP contribution in [0.25, 0.3) is 0 Å². The molecule has 2 aromatic carbocycles. The van der Waals surface area contributed by atoms with Gasteiger partial charge in [-0.3, -0.25) is 14.9 Å². The van der Waals surface area contributed by atoms with Crippen molar-refractivity contribution in [3.05, 3.63) is 69.7 Å². The van der Waals surface area contributed by atoms with Crippen LogP contribution in [0, 0.1) is 0 Å². The normalized spacial score (nSPS) is 20.6. The SMILES string of the molecule is NCc1ccc(Cl)cc1CNC(=O)C1CCCN1C(=O)C1NCc2ccccc21. The Hall–Kier alpha value is -2.41. The summed E-state index contributed by atoms with van der Waals surface area (Å²) < 4.78 is 0. The highest BCUT2D eigenvalue weighted by Gasteiger charge is 2.39. The molecule has 0 spiro atoms. The fourth-order valence-corrected chi connectivity index (χ4v) is 4.44. The Bertz CT molecular complexity index is 933. The average molecular weight is 413 g/mol. The minimum Gasteiger partial charge on any atom is -0.350 e. The molecule has 2 unspecified atom stereocenters. The van der Waals surface area contributed by atoms with Gasteiger partial charge in [-0.15, -0.1) is 0 Å². The van der Waals surface area contributed by atoms with Crippen molar-refractivity contribution < 1.29 is 9.59 Å². The average Bonchev–Trinajstić information content (AvgIpc) is 3.39. The third kappa shape index (κ3) is 4.01. The maximum absolute atomic E-state index is 13.2. The summed E-state index contributed by atoms with van der Waals surface area (Å²) in [6.45, 7) is 1.99. The Morgan fingerprint density at radius 3 is 2.86 bits per heavy atom. The van der Waals surface area contributed by atoms with E-state index in [2.05, 4.69) is 10.6 Å². The highest BCUT2D eigenvalue weighted by Crippen LogP contribution is 2.29. The standard InChI is InChI=1S/C22H25ClN4O2/c23-17-8-7-14(11-24)16(10-17)13-26-21(28)19-6-3-9-27(19)22(29)20-18-5-2-1-4-15(18)12-25-20/h1-2,4-5,7-8,10,19-20,25H,3,6,9,11-13,24H2,(H,26,28). The second-order valence-electron chi connectivity index (χ2n) is 7.54. The number of hydrogen-bond donors (Lipinski definition) is 3. The molecular weight excluding hydrogens is 388 g/mol. The van der Waals surface area contributed by atoms with Crippen molar-refractivity contribution in [2.24, 2.45) is 5.73 Å². The Morgan fingerprint density at radius 1 is 1.21 bits per heavy atom. The van der Waals surface area contributed by atoms with Gasteiger partial charge in [-0.25, -0.2) is 0 Å². The number of carbonyl (C=O) groups excluding carboxylic acids is 2. The molecule has 2 aliphatic rings. The number of nitrogens with zero attached hydrogens (tertiary/aromatic N) is 1. The molecule has 7 heteroatoms. The number of halogens is 1. The molecule has 1 saturated heterocycles. The monoisotopic (exact) mass is 412 g/mol. The number of nitrogens with two attached hydrogens (primary N) is 1. The van der Waals surface area contributed by atoms with Gasteiger partial charge < -0.3 is 16.0 Å². The number of rotatable bonds is 5. The second kappa shape index (κ2) is 8.53. The fraction of sp³-hybridized carbons (Fsp3) is 0.364. The largest absolute Gasteiger partial charge is 0.350 e. The number of amides is 2. The number of likely N-dealkylation sites (tertiary alicyclic amines) is 1. The zero-order valence-corrected chi connectivity index (χ0v) is 16.9. The van der Waals surface area contributed by atoms with Gasteiger partial charge in [-0.2, -0.15) is 0 Å². The predicted molar refractivity (Wildman–Crippen MR) is 112 cm³/mol. The van der Waals surface area contributed by atoms with Gasteiger partial charge in [0, 0.05) is 31.2 Å². The summed E-state index contributed by atoms with van der Waals surface area (Å²) in [6, 6.07) is 12.6. The van der Waals surface area contributed by atoms with Gasteiger partial charge in [0.2, 0.25) is 11.8 Å². The lowest BCUT2D eigenvalue weighted by molar-refractivity contribution is -0.140. The molecule has 0 aromatic heterocycles. The van der Waals surface area contributed by atoms with Crippen molar-refractivity contribution >= 4 is 23.4 Å². The number of fused-ring (bicyclic) bond motifs is 1. The van der Waals surface area contributed by atoms with Crippen LogP contribution in [0.3, 0.4) is 0 Å². The first kappa shape index (κ1) is 19.9. The Labute approximate surface area is 175 Å². The molecular formula is C22H25ClN4O2. The first-order valence-electron chi connectivity index (χ1n) is 9.95. The topological polar surface area (TPSA) is 87.5 Å². The van der Waals surface area contributed by atoms with E-state index in [0.717, 1.165) is 28.7 Å². The molecule has 152 valence electrons. The summed E-state index contributed by atoms with van der Waals surface area (Å²) in [7, 11) is 0. The first-order valence-corrected chi connectivity index (χ1v) is 10.3. The van der Waals surface area contributed by atoms with E-state index in [4.69, 9.17) is 17.3 Å². The maximum Gasteiger partial charge on any atom is 0.245 e. The minimum atomic E-state index is -0.447. The van der Waals surface area contributed by atoms with Gasteiger partial charge >= 0.3 is 0 Å². The quantitative estimate of drug-likeness (QED) is 0.702. The van der Waals surface area contributed by atoms with Crippen molar-refractivity contribution in [1.82, 2.24) is 15.5 Å². The summed E-state index contributed by atoms with van der Waals surface area (Å²) in [4.78, 5) is 27.8. The fourth-order valence-electron chi connectivity index (χ4n) is 4.25. The molecule has 4 rings (SSSR count). The predicted octanol–water partition coefficient (Wildman–Crippen LogP) is 2.25. The Kier molecular flexibility index (Phi) is 5.85. The molecule has 2 amide bonds. The molecule has 0 radical (unpaired) electrons. The zero-order valence-electron chi connectivity index (χ0n) is 16.2. The maximum atomic E-state index is 13.2. The Morgan fingerprint density at radius 2 is 2.03 bits per heavy atom. The lowest BCUT2D eigenvalue weighted by atomic mass is 10.0. The molecule has 6 nitrogen and oxygen atoms in total. The van der Waals surface area contributed by atoms with Crippen LogP contribution in [0.1, 0.15) is 41.1 Å². The zero-order chi connectivity index (χ0) is 20.4. The van der Waals surface area contributed by atoms with Crippen molar-refractivity contribution in [2.45, 2.75) is 44.6 Å².